The molecule has 0 heterocycles. The molecule has 0 aliphatic rings. The second kappa shape index (κ2) is 15.3. The van der Waals surface area contributed by atoms with Crippen LogP contribution in [0.1, 0.15) is 48.6 Å². The number of allylic oxidation sites excluding steroid dienone is 1. The summed E-state index contributed by atoms with van der Waals surface area (Å²) in [5, 5.41) is 21.9. The van der Waals surface area contributed by atoms with Crippen molar-refractivity contribution >= 4 is 22.8 Å². The molecule has 4 rings (SSSR count). The zero-order valence-electron chi connectivity index (χ0n) is 25.8. The van der Waals surface area contributed by atoms with E-state index in [4.69, 9.17) is 30.1 Å². The van der Waals surface area contributed by atoms with Gasteiger partial charge in [-0.1, -0.05) is 61.5 Å². The maximum Gasteiger partial charge on any atom is 0.280 e. The van der Waals surface area contributed by atoms with Crippen LogP contribution in [0.4, 0.5) is 5.69 Å². The van der Waals surface area contributed by atoms with Crippen molar-refractivity contribution in [1.82, 2.24) is 5.32 Å². The maximum atomic E-state index is 11.9. The van der Waals surface area contributed by atoms with Crippen molar-refractivity contribution < 1.29 is 23.9 Å². The Morgan fingerprint density at radius 3 is 2.18 bits per heavy atom. The van der Waals surface area contributed by atoms with Crippen LogP contribution in [0.5, 0.6) is 23.0 Å². The van der Waals surface area contributed by atoms with Gasteiger partial charge in [0.15, 0.2) is 17.5 Å². The normalized spacial score (nSPS) is 12.0. The lowest BCUT2D eigenvalue weighted by molar-refractivity contribution is -0.386. The highest BCUT2D eigenvalue weighted by Gasteiger charge is 2.25. The molecular weight excluding hydrogens is 572 g/mol. The van der Waals surface area contributed by atoms with Crippen molar-refractivity contribution in [2.24, 2.45) is 5.73 Å². The first-order chi connectivity index (χ1) is 21.7. The van der Waals surface area contributed by atoms with Crippen LogP contribution in [-0.4, -0.2) is 38.3 Å². The number of hydrogen-bond donors (Lipinski definition) is 3. The van der Waals surface area contributed by atoms with E-state index in [1.807, 2.05) is 66.7 Å². The van der Waals surface area contributed by atoms with E-state index < -0.39 is 11.0 Å². The lowest BCUT2D eigenvalue weighted by Gasteiger charge is -2.20. The maximum absolute atomic E-state index is 11.9. The smallest absolute Gasteiger partial charge is 0.280 e. The molecule has 0 amide bonds. The number of nitro benzene ring substituents is 1. The van der Waals surface area contributed by atoms with Gasteiger partial charge in [-0.25, -0.2) is 0 Å². The first-order valence-electron chi connectivity index (χ1n) is 14.5. The van der Waals surface area contributed by atoms with E-state index in [-0.39, 0.29) is 17.4 Å². The third-order valence-corrected chi connectivity index (χ3v) is 7.21. The summed E-state index contributed by atoms with van der Waals surface area (Å²) in [6, 6.07) is 28.8. The Morgan fingerprint density at radius 2 is 1.56 bits per heavy atom. The average molecular weight is 611 g/mol. The number of nitrogens with one attached hydrogen (secondary N) is 2. The van der Waals surface area contributed by atoms with Gasteiger partial charge in [0, 0.05) is 0 Å². The van der Waals surface area contributed by atoms with Crippen LogP contribution in [-0.2, 0) is 0 Å². The van der Waals surface area contributed by atoms with Crippen LogP contribution >= 0.6 is 0 Å². The molecule has 0 saturated carbocycles. The van der Waals surface area contributed by atoms with E-state index in [0.717, 1.165) is 34.3 Å². The third kappa shape index (κ3) is 8.11. The van der Waals surface area contributed by atoms with Crippen LogP contribution in [0.25, 0.3) is 11.1 Å². The van der Waals surface area contributed by atoms with Gasteiger partial charge < -0.3 is 30.0 Å². The summed E-state index contributed by atoms with van der Waals surface area (Å²) in [4.78, 5) is 11.5. The SMILES string of the molecule is CC/C(=C(/c1ccc(OCCNC(=N)N)cc1)c1cccc(OC(C)c2cc(OC)c(OC)cc2[N+](=O)[O-])c1)c1ccccc1. The second-order valence-corrected chi connectivity index (χ2v) is 10.1. The summed E-state index contributed by atoms with van der Waals surface area (Å²) in [5.74, 6) is 1.81. The van der Waals surface area contributed by atoms with Crippen molar-refractivity contribution in [3.63, 3.8) is 0 Å². The molecule has 0 aromatic heterocycles. The van der Waals surface area contributed by atoms with E-state index in [0.29, 0.717) is 36.0 Å². The standard InChI is InChI=1S/C35H38N4O6/c1-5-29(24-10-7-6-8-11-24)34(25-14-16-27(17-15-25)44-19-18-38-35(36)37)26-12-9-13-28(20-26)45-23(2)30-21-32(42-3)33(43-4)22-31(30)39(40)41/h6-17,20-23H,5,18-19H2,1-4H3,(H4,36,37,38)/b34-29+. The second-order valence-electron chi connectivity index (χ2n) is 10.1. The van der Waals surface area contributed by atoms with Crippen LogP contribution in [0.2, 0.25) is 0 Å². The molecule has 1 unspecified atom stereocenters. The predicted octanol–water partition coefficient (Wildman–Crippen LogP) is 6.98. The number of nitrogens with zero attached hydrogens (tertiary/aromatic N) is 1. The van der Waals surface area contributed by atoms with Crippen LogP contribution in [0.15, 0.2) is 91.0 Å². The van der Waals surface area contributed by atoms with Crippen LogP contribution < -0.4 is 30.0 Å². The number of methoxy groups -OCH3 is 2. The molecule has 234 valence electrons. The Balaban J connectivity index is 1.72. The Hall–Kier alpha value is -5.51. The van der Waals surface area contributed by atoms with E-state index in [1.165, 1.54) is 20.3 Å². The lowest BCUT2D eigenvalue weighted by atomic mass is 9.88. The van der Waals surface area contributed by atoms with Crippen molar-refractivity contribution in [2.75, 3.05) is 27.4 Å². The van der Waals surface area contributed by atoms with Crippen molar-refractivity contribution in [3.05, 3.63) is 123 Å². The number of ether oxygens (including phenoxy) is 4. The minimum atomic E-state index is -0.665. The van der Waals surface area contributed by atoms with Gasteiger partial charge in [0.05, 0.1) is 37.3 Å². The summed E-state index contributed by atoms with van der Waals surface area (Å²) in [6.07, 6.45) is 0.106. The molecule has 4 aromatic rings. The summed E-state index contributed by atoms with van der Waals surface area (Å²) >= 11 is 0. The quantitative estimate of drug-likeness (QED) is 0.0347. The molecule has 0 spiro atoms. The van der Waals surface area contributed by atoms with Crippen LogP contribution in [0, 0.1) is 15.5 Å². The zero-order valence-corrected chi connectivity index (χ0v) is 25.8. The van der Waals surface area contributed by atoms with Crippen molar-refractivity contribution in [2.45, 2.75) is 26.4 Å². The number of nitro groups is 1. The van der Waals surface area contributed by atoms with Gasteiger partial charge in [0.2, 0.25) is 0 Å². The number of rotatable bonds is 14. The first kappa shape index (κ1) is 32.4. The molecule has 1 atom stereocenters. The molecule has 45 heavy (non-hydrogen) atoms. The van der Waals surface area contributed by atoms with E-state index in [1.54, 1.807) is 13.0 Å². The van der Waals surface area contributed by atoms with Gasteiger partial charge in [-0.05, 0) is 71.5 Å². The summed E-state index contributed by atoms with van der Waals surface area (Å²) in [6.45, 7) is 4.68. The Morgan fingerprint density at radius 1 is 0.889 bits per heavy atom. The summed E-state index contributed by atoms with van der Waals surface area (Å²) in [7, 11) is 2.92. The van der Waals surface area contributed by atoms with E-state index in [2.05, 4.69) is 24.4 Å². The minimum Gasteiger partial charge on any atom is -0.493 e. The molecule has 4 N–H and O–H groups in total. The molecule has 0 saturated heterocycles. The monoisotopic (exact) mass is 610 g/mol. The molecule has 4 aromatic carbocycles. The van der Waals surface area contributed by atoms with Crippen molar-refractivity contribution in [1.29, 1.82) is 5.41 Å². The molecular formula is C35H38N4O6. The highest BCUT2D eigenvalue weighted by Crippen LogP contribution is 2.40. The number of guanidine groups is 1. The highest BCUT2D eigenvalue weighted by atomic mass is 16.6. The number of benzene rings is 4. The Kier molecular flexibility index (Phi) is 11.0. The highest BCUT2D eigenvalue weighted by molar-refractivity contribution is 5.98. The van der Waals surface area contributed by atoms with E-state index in [9.17, 15) is 10.1 Å². The van der Waals surface area contributed by atoms with Gasteiger partial charge in [-0.3, -0.25) is 15.5 Å². The molecule has 10 heteroatoms. The van der Waals surface area contributed by atoms with Gasteiger partial charge in [-0.15, -0.1) is 0 Å². The minimum absolute atomic E-state index is 0.0979. The molecule has 0 fully saturated rings. The molecule has 10 nitrogen and oxygen atoms in total. The zero-order chi connectivity index (χ0) is 32.3. The van der Waals surface area contributed by atoms with E-state index >= 15 is 0 Å². The summed E-state index contributed by atoms with van der Waals surface area (Å²) < 4.78 is 22.8. The molecule has 0 radical (unpaired) electrons. The summed E-state index contributed by atoms with van der Waals surface area (Å²) in [5.41, 5.74) is 10.8. The largest absolute Gasteiger partial charge is 0.493 e. The predicted molar refractivity (Wildman–Crippen MR) is 176 cm³/mol. The third-order valence-electron chi connectivity index (χ3n) is 7.21. The van der Waals surface area contributed by atoms with Gasteiger partial charge in [0.25, 0.3) is 5.69 Å². The molecule has 0 aliphatic carbocycles. The number of nitrogens with two attached hydrogens (primary N) is 1. The van der Waals surface area contributed by atoms with Crippen LogP contribution in [0.3, 0.4) is 0 Å². The Labute approximate surface area is 263 Å². The van der Waals surface area contributed by atoms with Crippen molar-refractivity contribution in [3.8, 4) is 23.0 Å². The topological polar surface area (TPSA) is 142 Å². The first-order valence-corrected chi connectivity index (χ1v) is 14.5. The van der Waals surface area contributed by atoms with Gasteiger partial charge in [0.1, 0.15) is 24.2 Å². The number of hydrogen-bond acceptors (Lipinski definition) is 7. The lowest BCUT2D eigenvalue weighted by Crippen LogP contribution is -2.33. The fraction of sp³-hybridized carbons (Fsp3) is 0.229. The molecule has 0 aliphatic heterocycles. The average Bonchev–Trinajstić information content (AvgIpc) is 3.05. The fourth-order valence-electron chi connectivity index (χ4n) is 5.11. The van der Waals surface area contributed by atoms with Gasteiger partial charge in [-0.2, -0.15) is 0 Å². The molecule has 0 bridgehead atoms. The van der Waals surface area contributed by atoms with Gasteiger partial charge >= 0.3 is 0 Å². The Bertz CT molecular complexity index is 1660. The fourth-order valence-corrected chi connectivity index (χ4v) is 5.11.